The molecule has 2 rings (SSSR count). The minimum Gasteiger partial charge on any atom is -0.365 e. The summed E-state index contributed by atoms with van der Waals surface area (Å²) < 4.78 is 27.5. The quantitative estimate of drug-likeness (QED) is 0.888. The van der Waals surface area contributed by atoms with E-state index >= 15 is 0 Å². The number of hydrogen-bond acceptors (Lipinski definition) is 3. The van der Waals surface area contributed by atoms with Crippen molar-refractivity contribution in [2.75, 3.05) is 18.0 Å². The molecule has 1 aliphatic heterocycles. The molecular weight excluding hydrogens is 276 g/mol. The molecule has 21 heavy (non-hydrogen) atoms. The minimum absolute atomic E-state index is 0.0255. The number of nitrogens with one attached hydrogen (secondary N) is 1. The van der Waals surface area contributed by atoms with Crippen molar-refractivity contribution in [1.82, 2.24) is 5.32 Å². The Hall–Kier alpha value is -1.69. The lowest BCUT2D eigenvalue weighted by Gasteiger charge is -2.21. The predicted octanol–water partition coefficient (Wildman–Crippen LogP) is 1.64. The van der Waals surface area contributed by atoms with E-state index in [0.717, 1.165) is 0 Å². The molecule has 0 saturated carbocycles. The summed E-state index contributed by atoms with van der Waals surface area (Å²) in [6, 6.07) is 3.11. The van der Waals surface area contributed by atoms with Gasteiger partial charge in [0.2, 0.25) is 5.91 Å². The molecule has 1 heterocycles. The van der Waals surface area contributed by atoms with Gasteiger partial charge in [-0.05, 0) is 24.5 Å². The van der Waals surface area contributed by atoms with Crippen LogP contribution in [0.1, 0.15) is 20.3 Å². The second kappa shape index (κ2) is 6.39. The number of para-hydroxylation sites is 1. The first-order valence-electron chi connectivity index (χ1n) is 7.15. The maximum atomic E-state index is 13.7. The SMILES string of the molecule is CC(C)[C@H](N)C(=O)NC1CCN(c2c(F)cccc2F)C1. The average molecular weight is 297 g/mol. The van der Waals surface area contributed by atoms with Crippen LogP contribution >= 0.6 is 0 Å². The number of nitrogens with two attached hydrogens (primary N) is 1. The fraction of sp³-hybridized carbons (Fsp3) is 0.533. The van der Waals surface area contributed by atoms with Crippen molar-refractivity contribution in [3.05, 3.63) is 29.8 Å². The number of anilines is 1. The molecule has 1 unspecified atom stereocenters. The van der Waals surface area contributed by atoms with Crippen molar-refractivity contribution in [3.63, 3.8) is 0 Å². The van der Waals surface area contributed by atoms with Crippen LogP contribution in [-0.4, -0.2) is 31.1 Å². The first kappa shape index (κ1) is 15.7. The highest BCUT2D eigenvalue weighted by molar-refractivity contribution is 5.82. The Morgan fingerprint density at radius 3 is 2.57 bits per heavy atom. The monoisotopic (exact) mass is 297 g/mol. The zero-order valence-corrected chi connectivity index (χ0v) is 12.3. The Balaban J connectivity index is 2.00. The van der Waals surface area contributed by atoms with E-state index in [9.17, 15) is 13.6 Å². The van der Waals surface area contributed by atoms with Gasteiger partial charge >= 0.3 is 0 Å². The van der Waals surface area contributed by atoms with Gasteiger partial charge in [-0.15, -0.1) is 0 Å². The largest absolute Gasteiger partial charge is 0.365 e. The van der Waals surface area contributed by atoms with Crippen LogP contribution in [0, 0.1) is 17.6 Å². The van der Waals surface area contributed by atoms with Gasteiger partial charge in [0.25, 0.3) is 0 Å². The first-order chi connectivity index (χ1) is 9.90. The van der Waals surface area contributed by atoms with E-state index in [1.54, 1.807) is 4.90 Å². The second-order valence-corrected chi connectivity index (χ2v) is 5.78. The summed E-state index contributed by atoms with van der Waals surface area (Å²) in [5.74, 6) is -1.33. The third-order valence-corrected chi connectivity index (χ3v) is 3.81. The number of carbonyl (C=O) groups is 1. The molecule has 1 aromatic rings. The lowest BCUT2D eigenvalue weighted by Crippen LogP contribution is -2.48. The predicted molar refractivity (Wildman–Crippen MR) is 77.9 cm³/mol. The fourth-order valence-electron chi connectivity index (χ4n) is 2.47. The van der Waals surface area contributed by atoms with Gasteiger partial charge in [0, 0.05) is 19.1 Å². The molecule has 4 nitrogen and oxygen atoms in total. The van der Waals surface area contributed by atoms with Crippen molar-refractivity contribution < 1.29 is 13.6 Å². The van der Waals surface area contributed by atoms with E-state index < -0.39 is 17.7 Å². The summed E-state index contributed by atoms with van der Waals surface area (Å²) >= 11 is 0. The summed E-state index contributed by atoms with van der Waals surface area (Å²) in [6.45, 7) is 4.63. The summed E-state index contributed by atoms with van der Waals surface area (Å²) in [6.07, 6.45) is 0.643. The molecule has 0 spiro atoms. The molecule has 6 heteroatoms. The van der Waals surface area contributed by atoms with E-state index in [2.05, 4.69) is 5.32 Å². The lowest BCUT2D eigenvalue weighted by atomic mass is 10.0. The van der Waals surface area contributed by atoms with Crippen LogP contribution < -0.4 is 16.0 Å². The molecule has 3 N–H and O–H groups in total. The topological polar surface area (TPSA) is 58.4 Å². The molecule has 0 bridgehead atoms. The molecule has 1 fully saturated rings. The van der Waals surface area contributed by atoms with Crippen LogP contribution in [0.15, 0.2) is 18.2 Å². The van der Waals surface area contributed by atoms with Gasteiger partial charge in [0.15, 0.2) is 0 Å². The Labute approximate surface area is 123 Å². The van der Waals surface area contributed by atoms with E-state index in [1.807, 2.05) is 13.8 Å². The minimum atomic E-state index is -0.583. The van der Waals surface area contributed by atoms with Crippen LogP contribution in [0.5, 0.6) is 0 Å². The standard InChI is InChI=1S/C15H21F2N3O/c1-9(2)13(18)15(21)19-10-6-7-20(8-10)14-11(16)4-3-5-12(14)17/h3-5,9-10,13H,6-8,18H2,1-2H3,(H,19,21)/t10?,13-/m0/s1. The highest BCUT2D eigenvalue weighted by atomic mass is 19.1. The van der Waals surface area contributed by atoms with Crippen LogP contribution in [0.3, 0.4) is 0 Å². The van der Waals surface area contributed by atoms with E-state index in [1.165, 1.54) is 18.2 Å². The number of halogens is 2. The van der Waals surface area contributed by atoms with Gasteiger partial charge in [-0.2, -0.15) is 0 Å². The average Bonchev–Trinajstić information content (AvgIpc) is 2.85. The van der Waals surface area contributed by atoms with Gasteiger partial charge in [-0.25, -0.2) is 8.78 Å². The number of amides is 1. The summed E-state index contributed by atoms with van der Waals surface area (Å²) in [7, 11) is 0. The van der Waals surface area contributed by atoms with Crippen LogP contribution in [-0.2, 0) is 4.79 Å². The maximum Gasteiger partial charge on any atom is 0.237 e. The summed E-state index contributed by atoms with van der Waals surface area (Å²) in [5.41, 5.74) is 5.76. The molecule has 1 amide bonds. The molecular formula is C15H21F2N3O. The van der Waals surface area contributed by atoms with E-state index in [-0.39, 0.29) is 23.6 Å². The molecule has 0 aliphatic carbocycles. The Kier molecular flexibility index (Phi) is 4.77. The molecule has 0 aromatic heterocycles. The zero-order valence-electron chi connectivity index (χ0n) is 12.3. The maximum absolute atomic E-state index is 13.7. The van der Waals surface area contributed by atoms with Crippen molar-refractivity contribution in [1.29, 1.82) is 0 Å². The fourth-order valence-corrected chi connectivity index (χ4v) is 2.47. The van der Waals surface area contributed by atoms with Crippen molar-refractivity contribution in [2.45, 2.75) is 32.4 Å². The highest BCUT2D eigenvalue weighted by Gasteiger charge is 2.29. The van der Waals surface area contributed by atoms with Gasteiger partial charge < -0.3 is 16.0 Å². The molecule has 1 aromatic carbocycles. The number of hydrogen-bond donors (Lipinski definition) is 2. The second-order valence-electron chi connectivity index (χ2n) is 5.78. The Morgan fingerprint density at radius 2 is 2.00 bits per heavy atom. The third kappa shape index (κ3) is 3.50. The lowest BCUT2D eigenvalue weighted by molar-refractivity contribution is -0.123. The number of nitrogens with zero attached hydrogens (tertiary/aromatic N) is 1. The number of carbonyl (C=O) groups excluding carboxylic acids is 1. The summed E-state index contributed by atoms with van der Waals surface area (Å²) in [5, 5.41) is 2.85. The van der Waals surface area contributed by atoms with Crippen LogP contribution in [0.2, 0.25) is 0 Å². The van der Waals surface area contributed by atoms with Gasteiger partial charge in [0.05, 0.1) is 6.04 Å². The molecule has 2 atom stereocenters. The van der Waals surface area contributed by atoms with E-state index in [4.69, 9.17) is 5.73 Å². The highest BCUT2D eigenvalue weighted by Crippen LogP contribution is 2.26. The number of benzene rings is 1. The number of rotatable bonds is 4. The van der Waals surface area contributed by atoms with Crippen LogP contribution in [0.4, 0.5) is 14.5 Å². The molecule has 0 radical (unpaired) electrons. The Morgan fingerprint density at radius 1 is 1.38 bits per heavy atom. The van der Waals surface area contributed by atoms with Crippen molar-refractivity contribution >= 4 is 11.6 Å². The van der Waals surface area contributed by atoms with Gasteiger partial charge in [0.1, 0.15) is 17.3 Å². The molecule has 116 valence electrons. The van der Waals surface area contributed by atoms with E-state index in [0.29, 0.717) is 19.5 Å². The van der Waals surface area contributed by atoms with Gasteiger partial charge in [-0.3, -0.25) is 4.79 Å². The normalized spacial score (nSPS) is 19.9. The Bertz CT molecular complexity index is 501. The zero-order chi connectivity index (χ0) is 15.6. The van der Waals surface area contributed by atoms with Crippen LogP contribution in [0.25, 0.3) is 0 Å². The smallest absolute Gasteiger partial charge is 0.237 e. The van der Waals surface area contributed by atoms with Gasteiger partial charge in [-0.1, -0.05) is 19.9 Å². The third-order valence-electron chi connectivity index (χ3n) is 3.81. The molecule has 1 aliphatic rings. The van der Waals surface area contributed by atoms with Crippen molar-refractivity contribution in [3.8, 4) is 0 Å². The van der Waals surface area contributed by atoms with Crippen molar-refractivity contribution in [2.24, 2.45) is 11.7 Å². The summed E-state index contributed by atoms with van der Waals surface area (Å²) in [4.78, 5) is 13.5. The first-order valence-corrected chi connectivity index (χ1v) is 7.15. The molecule has 1 saturated heterocycles.